The van der Waals surface area contributed by atoms with Crippen LogP contribution in [0.2, 0.25) is 58.9 Å². The first-order chi connectivity index (χ1) is 9.78. The monoisotopic (exact) mass is 372 g/mol. The summed E-state index contributed by atoms with van der Waals surface area (Å²) in [4.78, 5) is 0. The van der Waals surface area contributed by atoms with Crippen molar-refractivity contribution in [1.29, 1.82) is 0 Å². The van der Waals surface area contributed by atoms with Crippen LogP contribution in [0.4, 0.5) is 0 Å². The molecule has 1 unspecified atom stereocenters. The lowest BCUT2D eigenvalue weighted by molar-refractivity contribution is 0.0506. The van der Waals surface area contributed by atoms with E-state index in [0.29, 0.717) is 6.61 Å². The molecule has 0 aromatic heterocycles. The van der Waals surface area contributed by atoms with E-state index in [4.69, 9.17) is 9.16 Å². The van der Waals surface area contributed by atoms with Crippen molar-refractivity contribution >= 4 is 29.6 Å². The van der Waals surface area contributed by atoms with Crippen LogP contribution >= 0.6 is 0 Å². The normalized spacial score (nSPS) is 22.0. The average molecular weight is 373 g/mol. The predicted octanol–water partition coefficient (Wildman–Crippen LogP) is 4.71. The highest BCUT2D eigenvalue weighted by atomic mass is 29.9. The van der Waals surface area contributed by atoms with Crippen molar-refractivity contribution in [3.63, 3.8) is 0 Å². The minimum atomic E-state index is -1.82. The summed E-state index contributed by atoms with van der Waals surface area (Å²) in [5.74, 6) is 0. The second kappa shape index (κ2) is 6.64. The fourth-order valence-electron chi connectivity index (χ4n) is 4.98. The molecule has 0 radical (unpaired) electrons. The van der Waals surface area contributed by atoms with Crippen LogP contribution in [0.25, 0.3) is 0 Å². The Bertz CT molecular complexity index is 391. The SMILES string of the molecule is C=C[C@@H](O[Si]([Si](C)(C)C)([Si](C)(C)C)[Si](C)(C)C)C1C=CCO1. The summed E-state index contributed by atoms with van der Waals surface area (Å²) in [7, 11) is -4.28. The number of ether oxygens (including phenoxy) is 1. The van der Waals surface area contributed by atoms with Gasteiger partial charge in [0.2, 0.25) is 0 Å². The van der Waals surface area contributed by atoms with Crippen LogP contribution in [0, 0.1) is 0 Å². The Hall–Kier alpha value is 0.268. The van der Waals surface area contributed by atoms with Gasteiger partial charge in [-0.1, -0.05) is 77.2 Å². The molecule has 0 aromatic rings. The van der Waals surface area contributed by atoms with Gasteiger partial charge in [0.15, 0.2) is 6.87 Å². The Morgan fingerprint density at radius 3 is 1.73 bits per heavy atom. The molecule has 0 N–H and O–H groups in total. The van der Waals surface area contributed by atoms with Gasteiger partial charge in [-0.25, -0.2) is 0 Å². The second-order valence-corrected chi connectivity index (χ2v) is 48.9. The average Bonchev–Trinajstić information content (AvgIpc) is 2.78. The van der Waals surface area contributed by atoms with E-state index < -0.39 is 29.6 Å². The van der Waals surface area contributed by atoms with Gasteiger partial charge in [-0.3, -0.25) is 0 Å². The third-order valence-electron chi connectivity index (χ3n) is 4.75. The third-order valence-corrected chi connectivity index (χ3v) is 72.3. The Morgan fingerprint density at radius 2 is 1.45 bits per heavy atom. The molecule has 0 aromatic carbocycles. The van der Waals surface area contributed by atoms with Gasteiger partial charge in [-0.05, 0) is 0 Å². The summed E-state index contributed by atoms with van der Waals surface area (Å²) < 4.78 is 13.0. The molecule has 1 heterocycles. The van der Waals surface area contributed by atoms with Gasteiger partial charge in [0.25, 0.3) is 0 Å². The fraction of sp³-hybridized carbons (Fsp3) is 0.750. The lowest BCUT2D eigenvalue weighted by Gasteiger charge is -2.57. The van der Waals surface area contributed by atoms with Gasteiger partial charge in [0, 0.05) is 0 Å². The summed E-state index contributed by atoms with van der Waals surface area (Å²) in [6.45, 7) is 25.8. The Labute approximate surface area is 141 Å². The fourth-order valence-corrected chi connectivity index (χ4v) is 98.8. The molecule has 0 spiro atoms. The van der Waals surface area contributed by atoms with Crippen LogP contribution in [0.3, 0.4) is 0 Å². The molecule has 2 nitrogen and oxygen atoms in total. The van der Waals surface area contributed by atoms with E-state index in [1.54, 1.807) is 0 Å². The highest BCUT2D eigenvalue weighted by Crippen LogP contribution is 2.39. The molecule has 0 saturated heterocycles. The minimum Gasteiger partial charge on any atom is -0.417 e. The molecule has 2 atom stereocenters. The third kappa shape index (κ3) is 3.67. The van der Waals surface area contributed by atoms with Crippen molar-refractivity contribution < 1.29 is 9.16 Å². The van der Waals surface area contributed by atoms with Gasteiger partial charge in [0.05, 0.1) is 35.5 Å². The first kappa shape index (κ1) is 20.3. The molecule has 1 aliphatic rings. The lowest BCUT2D eigenvalue weighted by atomic mass is 10.2. The van der Waals surface area contributed by atoms with Crippen LogP contribution in [0.1, 0.15) is 0 Å². The maximum absolute atomic E-state index is 7.19. The summed E-state index contributed by atoms with van der Waals surface area (Å²) >= 11 is 0. The van der Waals surface area contributed by atoms with Crippen molar-refractivity contribution in [3.05, 3.63) is 24.8 Å². The van der Waals surface area contributed by atoms with Crippen LogP contribution in [-0.4, -0.2) is 48.5 Å². The second-order valence-electron chi connectivity index (χ2n) is 9.48. The standard InChI is InChI=1S/C16H36O2Si4/c1-11-15(16-13-12-14-17-16)18-22(19(2,3)4,20(5,6)7)21(8,9)10/h11-13,15-16H,1,14H2,2-10H3/t15-,16?/m1/s1. The van der Waals surface area contributed by atoms with E-state index in [0.717, 1.165) is 0 Å². The van der Waals surface area contributed by atoms with Crippen LogP contribution in [-0.2, 0) is 9.16 Å². The predicted molar refractivity (Wildman–Crippen MR) is 110 cm³/mol. The van der Waals surface area contributed by atoms with E-state index in [9.17, 15) is 0 Å². The largest absolute Gasteiger partial charge is 0.417 e. The molecule has 0 fully saturated rings. The molecule has 6 heteroatoms. The summed E-state index contributed by atoms with van der Waals surface area (Å²) in [5, 5.41) is 0. The number of rotatable bonds is 7. The quantitative estimate of drug-likeness (QED) is 0.476. The maximum Gasteiger partial charge on any atom is 0.159 e. The minimum absolute atomic E-state index is 0.0237. The van der Waals surface area contributed by atoms with Crippen molar-refractivity contribution in [2.45, 2.75) is 71.1 Å². The van der Waals surface area contributed by atoms with E-state index >= 15 is 0 Å². The van der Waals surface area contributed by atoms with Gasteiger partial charge in [-0.2, -0.15) is 0 Å². The van der Waals surface area contributed by atoms with Gasteiger partial charge in [-0.15, -0.1) is 6.58 Å². The Kier molecular flexibility index (Phi) is 6.13. The van der Waals surface area contributed by atoms with Crippen LogP contribution in [0.15, 0.2) is 24.8 Å². The highest BCUT2D eigenvalue weighted by molar-refractivity contribution is 7.87. The highest BCUT2D eigenvalue weighted by Gasteiger charge is 2.64. The van der Waals surface area contributed by atoms with Crippen molar-refractivity contribution in [2.24, 2.45) is 0 Å². The zero-order chi connectivity index (χ0) is 17.4. The van der Waals surface area contributed by atoms with Crippen molar-refractivity contribution in [1.82, 2.24) is 0 Å². The molecule has 0 aliphatic carbocycles. The van der Waals surface area contributed by atoms with E-state index in [1.807, 2.05) is 6.08 Å². The lowest BCUT2D eigenvalue weighted by Crippen LogP contribution is -2.85. The van der Waals surface area contributed by atoms with Gasteiger partial charge < -0.3 is 9.16 Å². The van der Waals surface area contributed by atoms with Gasteiger partial charge >= 0.3 is 0 Å². The van der Waals surface area contributed by atoms with Gasteiger partial charge in [0.1, 0.15) is 6.10 Å². The maximum atomic E-state index is 7.19. The summed E-state index contributed by atoms with van der Waals surface area (Å²) in [6.07, 6.45) is 6.34. The Morgan fingerprint density at radius 1 is 1.00 bits per heavy atom. The molecular weight excluding hydrogens is 337 g/mol. The first-order valence-electron chi connectivity index (χ1n) is 8.36. The smallest absolute Gasteiger partial charge is 0.159 e. The van der Waals surface area contributed by atoms with Crippen molar-refractivity contribution in [3.8, 4) is 0 Å². The zero-order valence-electron chi connectivity index (χ0n) is 16.1. The molecular formula is C16H36O2Si4. The molecule has 1 aliphatic heterocycles. The van der Waals surface area contributed by atoms with Crippen molar-refractivity contribution in [2.75, 3.05) is 6.61 Å². The topological polar surface area (TPSA) is 18.5 Å². The molecule has 0 saturated carbocycles. The van der Waals surface area contributed by atoms with E-state index in [1.165, 1.54) is 0 Å². The molecule has 0 amide bonds. The van der Waals surface area contributed by atoms with Crippen LogP contribution in [0.5, 0.6) is 0 Å². The zero-order valence-corrected chi connectivity index (χ0v) is 20.1. The van der Waals surface area contributed by atoms with E-state index in [2.05, 4.69) is 77.7 Å². The molecule has 1 rings (SSSR count). The summed E-state index contributed by atoms with van der Waals surface area (Å²) in [5.41, 5.74) is 0. The molecule has 0 bridgehead atoms. The number of hydrogen-bond donors (Lipinski definition) is 0. The first-order valence-corrected chi connectivity index (χ1v) is 23.8. The molecule has 22 heavy (non-hydrogen) atoms. The van der Waals surface area contributed by atoms with E-state index in [-0.39, 0.29) is 12.2 Å². The molecule has 128 valence electrons. The summed E-state index contributed by atoms with van der Waals surface area (Å²) in [6, 6.07) is 0. The Balaban J connectivity index is 3.37. The van der Waals surface area contributed by atoms with Crippen LogP contribution < -0.4 is 0 Å². The number of hydrogen-bond acceptors (Lipinski definition) is 2.